The maximum Gasteiger partial charge on any atom is 0.228 e. The Morgan fingerprint density at radius 3 is 2.81 bits per heavy atom. The number of amides is 1. The van der Waals surface area contributed by atoms with E-state index in [9.17, 15) is 4.79 Å². The fraction of sp³-hybridized carbons (Fsp3) is 0.417. The maximum absolute atomic E-state index is 11.7. The standard InChI is InChI=1S/C12H14BrNOS/c1-2-8-3-4-11(10(13)5-8)14-7-9(16)6-12(14)15/h3-5,9,16H,2,6-7H2,1H3. The minimum Gasteiger partial charge on any atom is -0.310 e. The number of rotatable bonds is 2. The second-order valence-corrected chi connectivity index (χ2v) is 5.59. The lowest BCUT2D eigenvalue weighted by atomic mass is 10.1. The van der Waals surface area contributed by atoms with E-state index in [0.29, 0.717) is 13.0 Å². The number of benzene rings is 1. The maximum atomic E-state index is 11.7. The van der Waals surface area contributed by atoms with Gasteiger partial charge in [-0.2, -0.15) is 12.6 Å². The van der Waals surface area contributed by atoms with E-state index in [1.54, 1.807) is 4.90 Å². The summed E-state index contributed by atoms with van der Waals surface area (Å²) in [4.78, 5) is 13.6. The first-order valence-electron chi connectivity index (χ1n) is 5.38. The molecule has 4 heteroatoms. The topological polar surface area (TPSA) is 20.3 Å². The number of carbonyl (C=O) groups excluding carboxylic acids is 1. The van der Waals surface area contributed by atoms with Crippen LogP contribution < -0.4 is 4.90 Å². The van der Waals surface area contributed by atoms with Gasteiger partial charge in [0.25, 0.3) is 0 Å². The highest BCUT2D eigenvalue weighted by Gasteiger charge is 2.29. The Kier molecular flexibility index (Phi) is 3.60. The van der Waals surface area contributed by atoms with Gasteiger partial charge in [0.2, 0.25) is 5.91 Å². The molecule has 1 aromatic carbocycles. The summed E-state index contributed by atoms with van der Waals surface area (Å²) in [7, 11) is 0. The molecule has 1 unspecified atom stereocenters. The second kappa shape index (κ2) is 4.80. The number of hydrogen-bond acceptors (Lipinski definition) is 2. The molecule has 0 radical (unpaired) electrons. The lowest BCUT2D eigenvalue weighted by Gasteiger charge is -2.18. The molecule has 1 amide bonds. The van der Waals surface area contributed by atoms with Crippen LogP contribution in [0.25, 0.3) is 0 Å². The van der Waals surface area contributed by atoms with E-state index in [0.717, 1.165) is 16.6 Å². The predicted octanol–water partition coefficient (Wildman–Crippen LogP) is 3.05. The van der Waals surface area contributed by atoms with Crippen LogP contribution in [0, 0.1) is 0 Å². The molecule has 86 valence electrons. The van der Waals surface area contributed by atoms with Crippen molar-refractivity contribution in [3.8, 4) is 0 Å². The van der Waals surface area contributed by atoms with Crippen molar-refractivity contribution in [2.24, 2.45) is 0 Å². The van der Waals surface area contributed by atoms with Crippen LogP contribution in [-0.2, 0) is 11.2 Å². The highest BCUT2D eigenvalue weighted by molar-refractivity contribution is 9.10. The first-order chi connectivity index (χ1) is 7.61. The molecular weight excluding hydrogens is 286 g/mol. The van der Waals surface area contributed by atoms with Crippen LogP contribution in [0.3, 0.4) is 0 Å². The zero-order valence-corrected chi connectivity index (χ0v) is 11.6. The Labute approximate surface area is 110 Å². The third-order valence-corrected chi connectivity index (χ3v) is 3.80. The third-order valence-electron chi connectivity index (χ3n) is 2.82. The third kappa shape index (κ3) is 2.28. The Morgan fingerprint density at radius 1 is 1.56 bits per heavy atom. The van der Waals surface area contributed by atoms with Gasteiger partial charge in [-0.3, -0.25) is 4.79 Å². The number of halogens is 1. The fourth-order valence-electron chi connectivity index (χ4n) is 1.91. The van der Waals surface area contributed by atoms with Crippen LogP contribution in [-0.4, -0.2) is 17.7 Å². The molecule has 0 aromatic heterocycles. The van der Waals surface area contributed by atoms with Crippen molar-refractivity contribution in [2.45, 2.75) is 25.0 Å². The van der Waals surface area contributed by atoms with Crippen molar-refractivity contribution in [1.29, 1.82) is 0 Å². The van der Waals surface area contributed by atoms with Crippen molar-refractivity contribution in [1.82, 2.24) is 0 Å². The largest absolute Gasteiger partial charge is 0.310 e. The molecular formula is C12H14BrNOS. The Balaban J connectivity index is 2.30. The Morgan fingerprint density at radius 2 is 2.31 bits per heavy atom. The van der Waals surface area contributed by atoms with Gasteiger partial charge in [0.1, 0.15) is 0 Å². The van der Waals surface area contributed by atoms with Crippen LogP contribution >= 0.6 is 28.6 Å². The van der Waals surface area contributed by atoms with E-state index < -0.39 is 0 Å². The predicted molar refractivity (Wildman–Crippen MR) is 73.3 cm³/mol. The number of nitrogens with zero attached hydrogens (tertiary/aromatic N) is 1. The van der Waals surface area contributed by atoms with E-state index >= 15 is 0 Å². The summed E-state index contributed by atoms with van der Waals surface area (Å²) in [6.07, 6.45) is 1.53. The summed E-state index contributed by atoms with van der Waals surface area (Å²) in [6.45, 7) is 2.82. The van der Waals surface area contributed by atoms with Gasteiger partial charge in [-0.15, -0.1) is 0 Å². The van der Waals surface area contributed by atoms with Crippen molar-refractivity contribution in [2.75, 3.05) is 11.4 Å². The molecule has 1 aliphatic heterocycles. The van der Waals surface area contributed by atoms with Crippen molar-refractivity contribution >= 4 is 40.2 Å². The minimum atomic E-state index is 0.157. The average molecular weight is 300 g/mol. The summed E-state index contributed by atoms with van der Waals surface area (Å²) in [6, 6.07) is 6.15. The zero-order valence-electron chi connectivity index (χ0n) is 9.11. The van der Waals surface area contributed by atoms with Crippen molar-refractivity contribution in [3.63, 3.8) is 0 Å². The minimum absolute atomic E-state index is 0.157. The molecule has 1 atom stereocenters. The Hall–Kier alpha value is -0.480. The second-order valence-electron chi connectivity index (χ2n) is 4.00. The smallest absolute Gasteiger partial charge is 0.228 e. The van der Waals surface area contributed by atoms with Gasteiger partial charge in [0.05, 0.1) is 5.69 Å². The normalized spacial score (nSPS) is 20.6. The average Bonchev–Trinajstić information content (AvgIpc) is 2.57. The molecule has 0 bridgehead atoms. The zero-order chi connectivity index (χ0) is 11.7. The first kappa shape index (κ1) is 12.0. The number of hydrogen-bond donors (Lipinski definition) is 1. The van der Waals surface area contributed by atoms with Gasteiger partial charge in [0.15, 0.2) is 0 Å². The number of carbonyl (C=O) groups is 1. The number of thiol groups is 1. The summed E-state index contributed by atoms with van der Waals surface area (Å²) < 4.78 is 0.989. The molecule has 1 aliphatic rings. The van der Waals surface area contributed by atoms with Gasteiger partial charge in [0, 0.05) is 22.7 Å². The molecule has 16 heavy (non-hydrogen) atoms. The summed E-state index contributed by atoms with van der Waals surface area (Å²) >= 11 is 7.88. The lowest BCUT2D eigenvalue weighted by Crippen LogP contribution is -2.24. The highest BCUT2D eigenvalue weighted by Crippen LogP contribution is 2.31. The molecule has 0 N–H and O–H groups in total. The fourth-order valence-corrected chi connectivity index (χ4v) is 2.87. The van der Waals surface area contributed by atoms with Crippen LogP contribution in [0.2, 0.25) is 0 Å². The highest BCUT2D eigenvalue weighted by atomic mass is 79.9. The van der Waals surface area contributed by atoms with E-state index in [-0.39, 0.29) is 11.2 Å². The SMILES string of the molecule is CCc1ccc(N2CC(S)CC2=O)c(Br)c1. The summed E-state index contributed by atoms with van der Waals surface area (Å²) in [5.74, 6) is 0.157. The quantitative estimate of drug-likeness (QED) is 0.832. The molecule has 0 spiro atoms. The van der Waals surface area contributed by atoms with E-state index in [1.807, 2.05) is 6.07 Å². The van der Waals surface area contributed by atoms with Gasteiger partial charge in [-0.05, 0) is 40.0 Å². The Bertz CT molecular complexity index is 421. The molecule has 1 heterocycles. The summed E-state index contributed by atoms with van der Waals surface area (Å²) in [5, 5.41) is 0.158. The molecule has 1 fully saturated rings. The summed E-state index contributed by atoms with van der Waals surface area (Å²) in [5.41, 5.74) is 2.23. The van der Waals surface area contributed by atoms with Crippen LogP contribution in [0.5, 0.6) is 0 Å². The van der Waals surface area contributed by atoms with Crippen molar-refractivity contribution in [3.05, 3.63) is 28.2 Å². The van der Waals surface area contributed by atoms with E-state index in [1.165, 1.54) is 5.56 Å². The molecule has 2 rings (SSSR count). The van der Waals surface area contributed by atoms with Crippen LogP contribution in [0.15, 0.2) is 22.7 Å². The van der Waals surface area contributed by atoms with Gasteiger partial charge in [-0.1, -0.05) is 13.0 Å². The van der Waals surface area contributed by atoms with E-state index in [2.05, 4.69) is 47.6 Å². The van der Waals surface area contributed by atoms with Gasteiger partial charge >= 0.3 is 0 Å². The van der Waals surface area contributed by atoms with Crippen LogP contribution in [0.1, 0.15) is 18.9 Å². The molecule has 0 saturated carbocycles. The van der Waals surface area contributed by atoms with Gasteiger partial charge in [-0.25, -0.2) is 0 Å². The van der Waals surface area contributed by atoms with Crippen molar-refractivity contribution < 1.29 is 4.79 Å². The molecule has 1 aromatic rings. The van der Waals surface area contributed by atoms with E-state index in [4.69, 9.17) is 0 Å². The number of aryl methyl sites for hydroxylation is 1. The molecule has 1 saturated heterocycles. The van der Waals surface area contributed by atoms with Gasteiger partial charge < -0.3 is 4.90 Å². The lowest BCUT2D eigenvalue weighted by molar-refractivity contribution is -0.117. The first-order valence-corrected chi connectivity index (χ1v) is 6.69. The van der Waals surface area contributed by atoms with Crippen LogP contribution in [0.4, 0.5) is 5.69 Å². The molecule has 2 nitrogen and oxygen atoms in total. The number of anilines is 1. The molecule has 0 aliphatic carbocycles. The monoisotopic (exact) mass is 299 g/mol.